The Balaban J connectivity index is 1.91. The second kappa shape index (κ2) is 8.08. The van der Waals surface area contributed by atoms with E-state index in [-0.39, 0.29) is 25.2 Å². The van der Waals surface area contributed by atoms with Gasteiger partial charge in [-0.3, -0.25) is 0 Å². The molecule has 0 bridgehead atoms. The molecule has 4 N–H and O–H groups in total. The summed E-state index contributed by atoms with van der Waals surface area (Å²) >= 11 is 0. The van der Waals surface area contributed by atoms with Gasteiger partial charge in [-0.05, 0) is 0 Å². The third-order valence-electron chi connectivity index (χ3n) is 3.67. The summed E-state index contributed by atoms with van der Waals surface area (Å²) in [6.45, 7) is 3.27. The van der Waals surface area contributed by atoms with Gasteiger partial charge in [0.15, 0.2) is 0 Å². The summed E-state index contributed by atoms with van der Waals surface area (Å²) in [5, 5.41) is 11.6. The van der Waals surface area contributed by atoms with Crippen LogP contribution in [0.1, 0.15) is 0 Å². The predicted octanol–water partition coefficient (Wildman–Crippen LogP) is -1.01. The molecule has 132 valence electrons. The maximum atomic E-state index is 12.0. The number of carbonyl (C=O) groups excluding carboxylic acids is 4. The molecule has 24 heavy (non-hydrogen) atoms. The van der Waals surface area contributed by atoms with Crippen LogP contribution in [-0.2, 0) is 0 Å². The summed E-state index contributed by atoms with van der Waals surface area (Å²) < 4.78 is 0. The monoisotopic (exact) mass is 340 g/mol. The number of amides is 8. The van der Waals surface area contributed by atoms with Crippen molar-refractivity contribution in [2.45, 2.75) is 0 Å². The Labute approximate surface area is 138 Å². The van der Waals surface area contributed by atoms with E-state index in [0.29, 0.717) is 39.3 Å². The Hall–Kier alpha value is -2.92. The summed E-state index contributed by atoms with van der Waals surface area (Å²) in [4.78, 5) is 50.2. The van der Waals surface area contributed by atoms with E-state index in [2.05, 4.69) is 20.9 Å². The molecule has 8 amide bonds. The molecule has 0 unspecified atom stereocenters. The third-order valence-corrected chi connectivity index (χ3v) is 3.67. The van der Waals surface area contributed by atoms with Crippen LogP contribution in [0.4, 0.5) is 19.2 Å². The normalized spacial score (nSPS) is 17.3. The van der Waals surface area contributed by atoms with Gasteiger partial charge in [0, 0.05) is 52.4 Å². The number of azo groups is 1. The third kappa shape index (κ3) is 4.79. The summed E-state index contributed by atoms with van der Waals surface area (Å²) in [5.74, 6) is 0. The van der Waals surface area contributed by atoms with Gasteiger partial charge in [0.2, 0.25) is 0 Å². The Morgan fingerprint density at radius 2 is 1.50 bits per heavy atom. The summed E-state index contributed by atoms with van der Waals surface area (Å²) in [6.07, 6.45) is 0. The Bertz CT molecular complexity index is 521. The number of urea groups is 4. The van der Waals surface area contributed by atoms with E-state index in [1.54, 1.807) is 9.80 Å². The predicted molar refractivity (Wildman–Crippen MR) is 81.4 cm³/mol. The minimum atomic E-state index is -1.07. The van der Waals surface area contributed by atoms with Gasteiger partial charge in [-0.2, -0.15) is 0 Å². The number of nitrogens with one attached hydrogen (secondary N) is 2. The highest BCUT2D eigenvalue weighted by atomic mass is 16.2. The number of nitrogens with two attached hydrogens (primary N) is 1. The van der Waals surface area contributed by atoms with Gasteiger partial charge in [-0.25, -0.2) is 19.2 Å². The number of rotatable bonds is 6. The lowest BCUT2D eigenvalue weighted by molar-refractivity contribution is 0.180. The lowest BCUT2D eigenvalue weighted by atomic mass is 10.4. The maximum Gasteiger partial charge on any atom is 0.362 e. The van der Waals surface area contributed by atoms with Crippen molar-refractivity contribution in [3.05, 3.63) is 0 Å². The summed E-state index contributed by atoms with van der Waals surface area (Å²) in [5.41, 5.74) is 4.83. The summed E-state index contributed by atoms with van der Waals surface area (Å²) in [6, 6.07) is -2.20. The lowest BCUT2D eigenvalue weighted by Gasteiger charge is -2.25. The van der Waals surface area contributed by atoms with Gasteiger partial charge in [0.25, 0.3) is 0 Å². The molecule has 2 saturated heterocycles. The van der Waals surface area contributed by atoms with Crippen molar-refractivity contribution < 1.29 is 19.2 Å². The standard InChI is InChI=1S/C12H20N8O4/c13-9(21)16-17-12(24)20(7-5-18-3-1-14-10(18)22)8-6-19-4-2-15-11(19)23/h1-8H2,(H2,13,21)(H,14,22)(H,15,23)/b17-16+. The van der Waals surface area contributed by atoms with Gasteiger partial charge in [0.1, 0.15) is 0 Å². The molecule has 2 aliphatic rings. The van der Waals surface area contributed by atoms with Gasteiger partial charge in [-0.15, -0.1) is 0 Å². The van der Waals surface area contributed by atoms with Crippen LogP contribution in [0.2, 0.25) is 0 Å². The smallest absolute Gasteiger partial charge is 0.348 e. The van der Waals surface area contributed by atoms with Crippen LogP contribution in [0.3, 0.4) is 0 Å². The zero-order chi connectivity index (χ0) is 17.5. The highest BCUT2D eigenvalue weighted by Gasteiger charge is 2.24. The topological polar surface area (TPSA) is 153 Å². The Morgan fingerprint density at radius 3 is 1.88 bits per heavy atom. The van der Waals surface area contributed by atoms with Crippen molar-refractivity contribution >= 4 is 24.1 Å². The molecule has 0 aliphatic carbocycles. The van der Waals surface area contributed by atoms with E-state index in [9.17, 15) is 19.2 Å². The molecule has 0 saturated carbocycles. The molecular formula is C12H20N8O4. The molecule has 0 atom stereocenters. The van der Waals surface area contributed by atoms with Gasteiger partial charge < -0.3 is 31.1 Å². The second-order valence-electron chi connectivity index (χ2n) is 5.25. The van der Waals surface area contributed by atoms with Crippen LogP contribution in [0.25, 0.3) is 0 Å². The van der Waals surface area contributed by atoms with E-state index in [4.69, 9.17) is 5.73 Å². The first-order chi connectivity index (χ1) is 11.5. The molecule has 0 spiro atoms. The molecule has 2 fully saturated rings. The first kappa shape index (κ1) is 17.4. The Morgan fingerprint density at radius 1 is 1.00 bits per heavy atom. The fourth-order valence-corrected chi connectivity index (χ4v) is 2.39. The molecule has 12 nitrogen and oxygen atoms in total. The number of nitrogens with zero attached hydrogens (tertiary/aromatic N) is 5. The average molecular weight is 340 g/mol. The highest BCUT2D eigenvalue weighted by Crippen LogP contribution is 2.03. The van der Waals surface area contributed by atoms with Gasteiger partial charge in [-0.1, -0.05) is 10.2 Å². The number of hydrogen-bond acceptors (Lipinski definition) is 4. The minimum Gasteiger partial charge on any atom is -0.348 e. The number of carbonyl (C=O) groups is 4. The average Bonchev–Trinajstić information content (AvgIpc) is 3.13. The summed E-state index contributed by atoms with van der Waals surface area (Å²) in [7, 11) is 0. The molecule has 2 heterocycles. The van der Waals surface area contributed by atoms with Crippen molar-refractivity contribution in [1.82, 2.24) is 25.3 Å². The van der Waals surface area contributed by atoms with Crippen LogP contribution in [-0.4, -0.2) is 91.2 Å². The van der Waals surface area contributed by atoms with E-state index < -0.39 is 12.1 Å². The minimum absolute atomic E-state index is 0.194. The first-order valence-electron chi connectivity index (χ1n) is 7.53. The van der Waals surface area contributed by atoms with Crippen LogP contribution in [0.5, 0.6) is 0 Å². The molecule has 0 aromatic carbocycles. The van der Waals surface area contributed by atoms with Crippen LogP contribution in [0, 0.1) is 0 Å². The highest BCUT2D eigenvalue weighted by molar-refractivity contribution is 5.79. The van der Waals surface area contributed by atoms with Crippen molar-refractivity contribution in [2.75, 3.05) is 52.4 Å². The van der Waals surface area contributed by atoms with E-state index in [1.165, 1.54) is 4.90 Å². The molecule has 2 rings (SSSR count). The van der Waals surface area contributed by atoms with Crippen molar-refractivity contribution in [3.63, 3.8) is 0 Å². The van der Waals surface area contributed by atoms with Crippen LogP contribution < -0.4 is 16.4 Å². The molecule has 2 aliphatic heterocycles. The van der Waals surface area contributed by atoms with Gasteiger partial charge >= 0.3 is 24.1 Å². The van der Waals surface area contributed by atoms with Crippen LogP contribution in [0.15, 0.2) is 10.2 Å². The SMILES string of the molecule is NC(=O)/N=N/C(=O)N(CCN1CCNC1=O)CCN1CCNC1=O. The van der Waals surface area contributed by atoms with E-state index >= 15 is 0 Å². The number of hydrogen-bond donors (Lipinski definition) is 3. The second-order valence-corrected chi connectivity index (χ2v) is 5.25. The van der Waals surface area contributed by atoms with Crippen molar-refractivity contribution in [2.24, 2.45) is 16.0 Å². The number of primary amides is 1. The maximum absolute atomic E-state index is 12.0. The first-order valence-corrected chi connectivity index (χ1v) is 7.53. The van der Waals surface area contributed by atoms with E-state index in [1.807, 2.05) is 0 Å². The van der Waals surface area contributed by atoms with Gasteiger partial charge in [0.05, 0.1) is 0 Å². The largest absolute Gasteiger partial charge is 0.362 e. The Kier molecular flexibility index (Phi) is 5.87. The zero-order valence-electron chi connectivity index (χ0n) is 13.1. The fraction of sp³-hybridized carbons (Fsp3) is 0.667. The van der Waals surface area contributed by atoms with Crippen LogP contribution >= 0.6 is 0 Å². The molecule has 12 heteroatoms. The molecule has 0 aromatic heterocycles. The quantitative estimate of drug-likeness (QED) is 0.530. The molecule has 0 aromatic rings. The molecule has 0 radical (unpaired) electrons. The van der Waals surface area contributed by atoms with Crippen molar-refractivity contribution in [1.29, 1.82) is 0 Å². The zero-order valence-corrected chi connectivity index (χ0v) is 13.1. The fourth-order valence-electron chi connectivity index (χ4n) is 2.39. The lowest BCUT2D eigenvalue weighted by Crippen LogP contribution is -2.43. The van der Waals surface area contributed by atoms with Crippen molar-refractivity contribution in [3.8, 4) is 0 Å². The molecular weight excluding hydrogens is 320 g/mol. The van der Waals surface area contributed by atoms with E-state index in [0.717, 1.165) is 0 Å².